The van der Waals surface area contributed by atoms with Gasteiger partial charge in [-0.25, -0.2) is 18.1 Å². The number of benzene rings is 2. The highest BCUT2D eigenvalue weighted by Gasteiger charge is 2.25. The molecule has 1 amide bonds. The van der Waals surface area contributed by atoms with Crippen molar-refractivity contribution in [1.82, 2.24) is 14.3 Å². The molecule has 4 rings (SSSR count). The van der Waals surface area contributed by atoms with Gasteiger partial charge in [-0.05, 0) is 48.7 Å². The van der Waals surface area contributed by atoms with Gasteiger partial charge in [-0.2, -0.15) is 0 Å². The molecular weight excluding hydrogens is 400 g/mol. The third-order valence-corrected chi connectivity index (χ3v) is 6.79. The van der Waals surface area contributed by atoms with E-state index in [9.17, 15) is 13.2 Å². The summed E-state index contributed by atoms with van der Waals surface area (Å²) in [6.45, 7) is 4.48. The normalized spacial score (nSPS) is 13.5. The molecule has 0 unspecified atom stereocenters. The molecule has 0 atom stereocenters. The van der Waals surface area contributed by atoms with Crippen LogP contribution in [0.15, 0.2) is 59.8 Å². The maximum absolute atomic E-state index is 12.9. The van der Waals surface area contributed by atoms with Crippen LogP contribution in [0.1, 0.15) is 30.3 Å². The van der Waals surface area contributed by atoms with Crippen LogP contribution in [0.25, 0.3) is 5.69 Å². The Morgan fingerprint density at radius 1 is 1.17 bits per heavy atom. The number of sulfonamides is 1. The molecule has 0 bridgehead atoms. The quantitative estimate of drug-likeness (QED) is 0.659. The Morgan fingerprint density at radius 2 is 1.97 bits per heavy atom. The van der Waals surface area contributed by atoms with Crippen molar-refractivity contribution in [2.24, 2.45) is 0 Å². The van der Waals surface area contributed by atoms with Crippen molar-refractivity contribution in [2.75, 3.05) is 11.4 Å². The number of rotatable bonds is 6. The van der Waals surface area contributed by atoms with Crippen LogP contribution in [-0.2, 0) is 27.8 Å². The fraction of sp³-hybridized carbons (Fsp3) is 0.273. The monoisotopic (exact) mass is 424 g/mol. The smallest absolute Gasteiger partial charge is 0.240 e. The van der Waals surface area contributed by atoms with Gasteiger partial charge in [0.25, 0.3) is 0 Å². The number of anilines is 1. The Hall–Kier alpha value is -2.97. The van der Waals surface area contributed by atoms with E-state index < -0.39 is 10.0 Å². The van der Waals surface area contributed by atoms with Crippen LogP contribution < -0.4 is 9.62 Å². The van der Waals surface area contributed by atoms with Gasteiger partial charge in [0.1, 0.15) is 5.82 Å². The van der Waals surface area contributed by atoms with E-state index in [2.05, 4.69) is 9.71 Å². The largest absolute Gasteiger partial charge is 0.312 e. The average Bonchev–Trinajstić information content (AvgIpc) is 3.37. The lowest BCUT2D eigenvalue weighted by Gasteiger charge is -2.17. The van der Waals surface area contributed by atoms with Crippen molar-refractivity contribution in [3.8, 4) is 5.69 Å². The molecule has 0 radical (unpaired) electrons. The molecule has 8 heteroatoms. The number of nitrogens with zero attached hydrogens (tertiary/aromatic N) is 3. The van der Waals surface area contributed by atoms with E-state index in [-0.39, 0.29) is 17.3 Å². The number of aryl methyl sites for hydroxylation is 1. The van der Waals surface area contributed by atoms with Crippen molar-refractivity contribution < 1.29 is 13.2 Å². The van der Waals surface area contributed by atoms with Crippen LogP contribution in [-0.4, -0.2) is 30.4 Å². The van der Waals surface area contributed by atoms with Gasteiger partial charge in [0.15, 0.2) is 0 Å². The summed E-state index contributed by atoms with van der Waals surface area (Å²) < 4.78 is 30.5. The molecular formula is C22H24N4O3S. The summed E-state index contributed by atoms with van der Waals surface area (Å²) in [5.41, 5.74) is 3.43. The Bertz CT molecular complexity index is 1200. The number of carbonyl (C=O) groups is 1. The molecule has 1 aromatic heterocycles. The highest BCUT2D eigenvalue weighted by Crippen LogP contribution is 2.30. The van der Waals surface area contributed by atoms with E-state index in [1.165, 1.54) is 0 Å². The molecule has 0 spiro atoms. The molecule has 0 aliphatic carbocycles. The van der Waals surface area contributed by atoms with Gasteiger partial charge in [-0.15, -0.1) is 0 Å². The lowest BCUT2D eigenvalue weighted by molar-refractivity contribution is -0.118. The van der Waals surface area contributed by atoms with Crippen LogP contribution in [0, 0.1) is 6.92 Å². The molecule has 30 heavy (non-hydrogen) atoms. The van der Waals surface area contributed by atoms with Gasteiger partial charge in [-0.1, -0.05) is 25.1 Å². The first kappa shape index (κ1) is 20.3. The summed E-state index contributed by atoms with van der Waals surface area (Å²) in [5.74, 6) is 0.879. The first-order valence-electron chi connectivity index (χ1n) is 9.92. The van der Waals surface area contributed by atoms with Crippen LogP contribution in [0.3, 0.4) is 0 Å². The molecule has 2 aromatic carbocycles. The molecule has 0 saturated heterocycles. The average molecular weight is 425 g/mol. The molecule has 0 fully saturated rings. The van der Waals surface area contributed by atoms with E-state index in [1.807, 2.05) is 48.9 Å². The lowest BCUT2D eigenvalue weighted by atomic mass is 10.2. The molecule has 2 heterocycles. The van der Waals surface area contributed by atoms with E-state index in [0.29, 0.717) is 19.4 Å². The summed E-state index contributed by atoms with van der Waals surface area (Å²) in [6.07, 6.45) is 4.66. The van der Waals surface area contributed by atoms with E-state index in [4.69, 9.17) is 0 Å². The van der Waals surface area contributed by atoms with Crippen molar-refractivity contribution >= 4 is 21.6 Å². The molecule has 1 aliphatic heterocycles. The van der Waals surface area contributed by atoms with Crippen LogP contribution in [0.2, 0.25) is 0 Å². The van der Waals surface area contributed by atoms with Gasteiger partial charge in [0, 0.05) is 37.6 Å². The Labute approximate surface area is 176 Å². The minimum absolute atomic E-state index is 0.0499. The fourth-order valence-electron chi connectivity index (χ4n) is 3.78. The number of hydrogen-bond donors (Lipinski definition) is 1. The number of para-hydroxylation sites is 1. The summed E-state index contributed by atoms with van der Waals surface area (Å²) in [6, 6.07) is 12.6. The number of hydrogen-bond acceptors (Lipinski definition) is 4. The topological polar surface area (TPSA) is 84.3 Å². The molecule has 7 nitrogen and oxygen atoms in total. The van der Waals surface area contributed by atoms with Crippen LogP contribution in [0.5, 0.6) is 0 Å². The van der Waals surface area contributed by atoms with Crippen LogP contribution >= 0.6 is 0 Å². The molecule has 1 N–H and O–H groups in total. The third kappa shape index (κ3) is 3.76. The zero-order chi connectivity index (χ0) is 21.3. The lowest BCUT2D eigenvalue weighted by Crippen LogP contribution is -2.27. The SMILES string of the molecule is CCC(=O)N1CCc2cc(S(=O)(=O)NCc3ccccc3-n3ccnc3C)ccc21. The summed E-state index contributed by atoms with van der Waals surface area (Å²) in [7, 11) is -3.70. The van der Waals surface area contributed by atoms with Crippen molar-refractivity contribution in [3.63, 3.8) is 0 Å². The Balaban J connectivity index is 1.56. The standard InChI is InChI=1S/C22H24N4O3S/c1-3-22(27)26-12-10-17-14-19(8-9-21(17)26)30(28,29)24-15-18-6-4-5-7-20(18)25-13-11-23-16(25)2/h4-9,11,13-14,24H,3,10,12,15H2,1-2H3. The number of fused-ring (bicyclic) bond motifs is 1. The van der Waals surface area contributed by atoms with E-state index in [1.54, 1.807) is 29.3 Å². The number of aromatic nitrogens is 2. The fourth-order valence-corrected chi connectivity index (χ4v) is 4.84. The maximum atomic E-state index is 12.9. The van der Waals surface area contributed by atoms with Crippen molar-refractivity contribution in [1.29, 1.82) is 0 Å². The summed E-state index contributed by atoms with van der Waals surface area (Å²) in [4.78, 5) is 18.2. The van der Waals surface area contributed by atoms with Crippen molar-refractivity contribution in [3.05, 3.63) is 71.8 Å². The predicted molar refractivity (Wildman–Crippen MR) is 115 cm³/mol. The first-order valence-corrected chi connectivity index (χ1v) is 11.4. The Morgan fingerprint density at radius 3 is 2.70 bits per heavy atom. The van der Waals surface area contributed by atoms with Gasteiger partial charge in [-0.3, -0.25) is 4.79 Å². The van der Waals surface area contributed by atoms with E-state index in [0.717, 1.165) is 28.3 Å². The second-order valence-electron chi connectivity index (χ2n) is 7.24. The Kier molecular flexibility index (Phi) is 5.44. The number of imidazole rings is 1. The number of amides is 1. The van der Waals surface area contributed by atoms with Gasteiger partial charge >= 0.3 is 0 Å². The van der Waals surface area contributed by atoms with Crippen LogP contribution in [0.4, 0.5) is 5.69 Å². The summed E-state index contributed by atoms with van der Waals surface area (Å²) >= 11 is 0. The number of carbonyl (C=O) groups excluding carboxylic acids is 1. The zero-order valence-corrected chi connectivity index (χ0v) is 17.8. The minimum Gasteiger partial charge on any atom is -0.312 e. The third-order valence-electron chi connectivity index (χ3n) is 5.39. The molecule has 156 valence electrons. The van der Waals surface area contributed by atoms with Crippen molar-refractivity contribution in [2.45, 2.75) is 38.1 Å². The molecule has 1 aliphatic rings. The second kappa shape index (κ2) is 8.04. The molecule has 3 aromatic rings. The highest BCUT2D eigenvalue weighted by molar-refractivity contribution is 7.89. The van der Waals surface area contributed by atoms with E-state index >= 15 is 0 Å². The van der Waals surface area contributed by atoms with Gasteiger partial charge < -0.3 is 9.47 Å². The molecule has 0 saturated carbocycles. The first-order chi connectivity index (χ1) is 14.4. The zero-order valence-electron chi connectivity index (χ0n) is 17.0. The second-order valence-corrected chi connectivity index (χ2v) is 9.00. The predicted octanol–water partition coefficient (Wildman–Crippen LogP) is 2.96. The summed E-state index contributed by atoms with van der Waals surface area (Å²) in [5, 5.41) is 0. The number of nitrogens with one attached hydrogen (secondary N) is 1. The van der Waals surface area contributed by atoms with Gasteiger partial charge in [0.05, 0.1) is 10.6 Å². The highest BCUT2D eigenvalue weighted by atomic mass is 32.2. The minimum atomic E-state index is -3.70. The maximum Gasteiger partial charge on any atom is 0.240 e. The van der Waals surface area contributed by atoms with Gasteiger partial charge in [0.2, 0.25) is 15.9 Å².